The summed E-state index contributed by atoms with van der Waals surface area (Å²) in [6, 6.07) is 7.38. The molecule has 0 aliphatic carbocycles. The smallest absolute Gasteiger partial charge is 0.240 e. The van der Waals surface area contributed by atoms with E-state index < -0.39 is 4.32 Å². The highest BCUT2D eigenvalue weighted by molar-refractivity contribution is 9.10. The number of nitrogens with zero attached hydrogens (tertiary/aromatic N) is 1. The summed E-state index contributed by atoms with van der Waals surface area (Å²) < 4.78 is 5.00. The van der Waals surface area contributed by atoms with Crippen LogP contribution in [0.1, 0.15) is 13.8 Å². The van der Waals surface area contributed by atoms with Crippen LogP contribution in [0.3, 0.4) is 0 Å². The molecule has 0 aromatic heterocycles. The van der Waals surface area contributed by atoms with Gasteiger partial charge in [0.05, 0.1) is 4.32 Å². The van der Waals surface area contributed by atoms with E-state index in [0.29, 0.717) is 6.61 Å². The molecular weight excluding hydrogens is 308 g/mol. The largest absolute Gasteiger partial charge is 0.492 e. The summed E-state index contributed by atoms with van der Waals surface area (Å²) in [5.74, 6) is 0.728. The Hall–Kier alpha value is -1.07. The maximum atomic E-state index is 11.8. The number of rotatable bonds is 6. The van der Waals surface area contributed by atoms with Gasteiger partial charge < -0.3 is 15.0 Å². The van der Waals surface area contributed by atoms with Gasteiger partial charge in [-0.05, 0) is 52.2 Å². The van der Waals surface area contributed by atoms with Crippen molar-refractivity contribution < 1.29 is 9.53 Å². The normalized spacial score (nSPS) is 11.5. The van der Waals surface area contributed by atoms with Crippen molar-refractivity contribution in [2.45, 2.75) is 18.2 Å². The van der Waals surface area contributed by atoms with Gasteiger partial charge in [-0.15, -0.1) is 0 Å². The van der Waals surface area contributed by atoms with Crippen molar-refractivity contribution in [3.05, 3.63) is 24.3 Å². The van der Waals surface area contributed by atoms with Gasteiger partial charge in [0.15, 0.2) is 0 Å². The second-order valence-electron chi connectivity index (χ2n) is 5.10. The topological polar surface area (TPSA) is 41.6 Å². The van der Waals surface area contributed by atoms with E-state index >= 15 is 0 Å². The minimum Gasteiger partial charge on any atom is -0.492 e. The molecule has 0 fully saturated rings. The summed E-state index contributed by atoms with van der Waals surface area (Å²) in [4.78, 5) is 13.8. The zero-order chi connectivity index (χ0) is 14.5. The Balaban J connectivity index is 2.50. The lowest BCUT2D eigenvalue weighted by Crippen LogP contribution is -2.30. The molecule has 5 heteroatoms. The van der Waals surface area contributed by atoms with Crippen LogP contribution in [-0.4, -0.2) is 42.4 Å². The van der Waals surface area contributed by atoms with E-state index in [-0.39, 0.29) is 5.91 Å². The number of amides is 1. The Kier molecular flexibility index (Phi) is 5.82. The number of ether oxygens (including phenoxy) is 1. The summed E-state index contributed by atoms with van der Waals surface area (Å²) in [6.45, 7) is 5.13. The lowest BCUT2D eigenvalue weighted by atomic mass is 10.2. The molecule has 0 aliphatic rings. The van der Waals surface area contributed by atoms with Gasteiger partial charge in [-0.2, -0.15) is 0 Å². The first-order chi connectivity index (χ1) is 8.79. The number of anilines is 1. The van der Waals surface area contributed by atoms with Crippen LogP contribution in [0.25, 0.3) is 0 Å². The van der Waals surface area contributed by atoms with Gasteiger partial charge in [0.1, 0.15) is 12.4 Å². The van der Waals surface area contributed by atoms with Gasteiger partial charge in [-0.1, -0.05) is 15.9 Å². The molecule has 106 valence electrons. The van der Waals surface area contributed by atoms with Crippen molar-refractivity contribution in [2.24, 2.45) is 0 Å². The summed E-state index contributed by atoms with van der Waals surface area (Å²) in [6.07, 6.45) is 0. The molecule has 0 saturated carbocycles. The zero-order valence-corrected chi connectivity index (χ0v) is 13.5. The summed E-state index contributed by atoms with van der Waals surface area (Å²) in [5, 5.41) is 2.83. The molecule has 0 spiro atoms. The van der Waals surface area contributed by atoms with Crippen LogP contribution in [0.2, 0.25) is 0 Å². The van der Waals surface area contributed by atoms with Crippen molar-refractivity contribution in [3.63, 3.8) is 0 Å². The van der Waals surface area contributed by atoms with E-state index in [1.807, 2.05) is 38.4 Å². The molecule has 0 bridgehead atoms. The van der Waals surface area contributed by atoms with Gasteiger partial charge in [-0.25, -0.2) is 0 Å². The second-order valence-corrected chi connectivity index (χ2v) is 7.09. The molecule has 0 saturated heterocycles. The predicted molar refractivity (Wildman–Crippen MR) is 82.1 cm³/mol. The van der Waals surface area contributed by atoms with Gasteiger partial charge >= 0.3 is 0 Å². The summed E-state index contributed by atoms with van der Waals surface area (Å²) in [5.41, 5.74) is 0.762. The van der Waals surface area contributed by atoms with Crippen molar-refractivity contribution in [1.29, 1.82) is 0 Å². The first-order valence-electron chi connectivity index (χ1n) is 6.17. The van der Waals surface area contributed by atoms with Crippen LogP contribution in [0, 0.1) is 0 Å². The lowest BCUT2D eigenvalue weighted by Gasteiger charge is -2.16. The number of likely N-dealkylation sites (N-methyl/N-ethyl adjacent to an activating group) is 1. The maximum absolute atomic E-state index is 11.8. The summed E-state index contributed by atoms with van der Waals surface area (Å²) in [7, 11) is 4.01. The monoisotopic (exact) mass is 328 g/mol. The Morgan fingerprint density at radius 1 is 1.32 bits per heavy atom. The first-order valence-corrected chi connectivity index (χ1v) is 6.96. The molecule has 0 aliphatic heterocycles. The molecule has 0 radical (unpaired) electrons. The second kappa shape index (κ2) is 6.91. The Labute approximate surface area is 123 Å². The number of carbonyl (C=O) groups excluding carboxylic acids is 1. The average Bonchev–Trinajstić information content (AvgIpc) is 2.29. The number of alkyl halides is 1. The molecular formula is C14H21BrN2O2. The number of carbonyl (C=O) groups is 1. The Morgan fingerprint density at radius 3 is 2.37 bits per heavy atom. The number of nitrogens with one attached hydrogen (secondary N) is 1. The van der Waals surface area contributed by atoms with Gasteiger partial charge in [-0.3, -0.25) is 4.79 Å². The fourth-order valence-corrected chi connectivity index (χ4v) is 1.36. The highest BCUT2D eigenvalue weighted by Crippen LogP contribution is 2.20. The van der Waals surface area contributed by atoms with Crippen LogP contribution < -0.4 is 10.1 Å². The SMILES string of the molecule is CN(C)CCOc1ccc(NC(=O)C(C)(C)Br)cc1. The average molecular weight is 329 g/mol. The maximum Gasteiger partial charge on any atom is 0.240 e. The van der Waals surface area contributed by atoms with Crippen LogP contribution in [-0.2, 0) is 4.79 Å². The third-order valence-electron chi connectivity index (χ3n) is 2.46. The Morgan fingerprint density at radius 2 is 1.89 bits per heavy atom. The van der Waals surface area contributed by atoms with Gasteiger partial charge in [0, 0.05) is 12.2 Å². The zero-order valence-electron chi connectivity index (χ0n) is 11.9. The van der Waals surface area contributed by atoms with Crippen LogP contribution in [0.5, 0.6) is 5.75 Å². The third kappa shape index (κ3) is 6.07. The molecule has 19 heavy (non-hydrogen) atoms. The van der Waals surface area contributed by atoms with E-state index in [9.17, 15) is 4.79 Å². The van der Waals surface area contributed by atoms with Gasteiger partial charge in [0.2, 0.25) is 5.91 Å². The molecule has 0 atom stereocenters. The highest BCUT2D eigenvalue weighted by Gasteiger charge is 2.23. The molecule has 1 rings (SSSR count). The van der Waals surface area contributed by atoms with Crippen LogP contribution >= 0.6 is 15.9 Å². The lowest BCUT2D eigenvalue weighted by molar-refractivity contribution is -0.117. The molecule has 1 amide bonds. The number of hydrogen-bond acceptors (Lipinski definition) is 3. The molecule has 1 N–H and O–H groups in total. The standard InChI is InChI=1S/C14H21BrN2O2/c1-14(2,15)13(18)16-11-5-7-12(8-6-11)19-10-9-17(3)4/h5-8H,9-10H2,1-4H3,(H,16,18). The van der Waals surface area contributed by atoms with E-state index in [1.54, 1.807) is 13.8 Å². The summed E-state index contributed by atoms with van der Waals surface area (Å²) >= 11 is 3.32. The molecule has 4 nitrogen and oxygen atoms in total. The molecule has 1 aromatic rings. The van der Waals surface area contributed by atoms with Crippen molar-refractivity contribution >= 4 is 27.5 Å². The number of hydrogen-bond donors (Lipinski definition) is 1. The fraction of sp³-hybridized carbons (Fsp3) is 0.500. The van der Waals surface area contributed by atoms with Crippen molar-refractivity contribution in [2.75, 3.05) is 32.6 Å². The number of halogens is 1. The van der Waals surface area contributed by atoms with Crippen molar-refractivity contribution in [3.8, 4) is 5.75 Å². The highest BCUT2D eigenvalue weighted by atomic mass is 79.9. The minimum atomic E-state index is -0.576. The van der Waals surface area contributed by atoms with E-state index in [0.717, 1.165) is 18.0 Å². The number of benzene rings is 1. The van der Waals surface area contributed by atoms with Crippen molar-refractivity contribution in [1.82, 2.24) is 4.90 Å². The predicted octanol–water partition coefficient (Wildman–Crippen LogP) is 2.74. The third-order valence-corrected chi connectivity index (χ3v) is 2.82. The van der Waals surface area contributed by atoms with E-state index in [4.69, 9.17) is 4.74 Å². The molecule has 1 aromatic carbocycles. The molecule has 0 unspecified atom stereocenters. The van der Waals surface area contributed by atoms with Crippen LogP contribution in [0.4, 0.5) is 5.69 Å². The van der Waals surface area contributed by atoms with Crippen LogP contribution in [0.15, 0.2) is 24.3 Å². The minimum absolute atomic E-state index is 0.0752. The van der Waals surface area contributed by atoms with Gasteiger partial charge in [0.25, 0.3) is 0 Å². The fourth-order valence-electron chi connectivity index (χ4n) is 1.26. The van der Waals surface area contributed by atoms with E-state index in [2.05, 4.69) is 26.1 Å². The quantitative estimate of drug-likeness (QED) is 0.816. The first kappa shape index (κ1) is 16.0. The van der Waals surface area contributed by atoms with E-state index in [1.165, 1.54) is 0 Å². The molecule has 0 heterocycles. The Bertz CT molecular complexity index is 410.